The Labute approximate surface area is 208 Å². The molecule has 0 N–H and O–H groups in total. The van der Waals surface area contributed by atoms with Crippen molar-refractivity contribution in [1.29, 1.82) is 0 Å². The standard InChI is InChI=1S/C25H28ClN5O4/c1-5-16-12-21-18(14-31(29-21)9-7-8-22(32)33-6-2)10-19(16)23-28-24(35-30-23)17-11-20(26)25(27-13-17)34-15(3)4/h10-15H,5-9H2,1-4H3. The molecule has 0 aliphatic heterocycles. The van der Waals surface area contributed by atoms with E-state index in [1.165, 1.54) is 0 Å². The number of hydrogen-bond donors (Lipinski definition) is 0. The molecule has 0 aliphatic carbocycles. The quantitative estimate of drug-likeness (QED) is 0.265. The second-order valence-corrected chi connectivity index (χ2v) is 8.73. The van der Waals surface area contributed by atoms with Crippen molar-refractivity contribution in [3.63, 3.8) is 0 Å². The molecule has 0 saturated heterocycles. The third kappa shape index (κ3) is 5.79. The van der Waals surface area contributed by atoms with Crippen LogP contribution in [0.3, 0.4) is 0 Å². The maximum Gasteiger partial charge on any atom is 0.305 e. The fourth-order valence-corrected chi connectivity index (χ4v) is 3.91. The lowest BCUT2D eigenvalue weighted by Crippen LogP contribution is -2.07. The number of carbonyl (C=O) groups excluding carboxylic acids is 1. The molecule has 4 rings (SSSR count). The summed E-state index contributed by atoms with van der Waals surface area (Å²) in [6, 6.07) is 5.76. The van der Waals surface area contributed by atoms with Crippen LogP contribution in [-0.2, 0) is 22.5 Å². The minimum atomic E-state index is -0.189. The Bertz CT molecular complexity index is 1330. The molecule has 0 atom stereocenters. The maximum atomic E-state index is 11.6. The smallest absolute Gasteiger partial charge is 0.305 e. The molecular formula is C25H28ClN5O4. The van der Waals surface area contributed by atoms with Crippen molar-refractivity contribution in [3.05, 3.63) is 41.2 Å². The van der Waals surface area contributed by atoms with Crippen LogP contribution in [0.2, 0.25) is 5.02 Å². The van der Waals surface area contributed by atoms with Gasteiger partial charge in [0, 0.05) is 36.3 Å². The number of halogens is 1. The van der Waals surface area contributed by atoms with Crippen molar-refractivity contribution in [1.82, 2.24) is 24.9 Å². The second kappa shape index (κ2) is 10.9. The molecule has 184 valence electrons. The average molecular weight is 498 g/mol. The first-order valence-electron chi connectivity index (χ1n) is 11.7. The maximum absolute atomic E-state index is 11.6. The molecule has 0 amide bonds. The Morgan fingerprint density at radius 3 is 2.77 bits per heavy atom. The monoisotopic (exact) mass is 497 g/mol. The van der Waals surface area contributed by atoms with E-state index in [4.69, 9.17) is 25.6 Å². The minimum Gasteiger partial charge on any atom is -0.474 e. The van der Waals surface area contributed by atoms with E-state index in [1.807, 2.05) is 36.9 Å². The average Bonchev–Trinajstić information content (AvgIpc) is 3.46. The largest absolute Gasteiger partial charge is 0.474 e. The van der Waals surface area contributed by atoms with Crippen LogP contribution in [0.4, 0.5) is 0 Å². The van der Waals surface area contributed by atoms with E-state index in [0.29, 0.717) is 54.2 Å². The Hall–Kier alpha value is -3.46. The van der Waals surface area contributed by atoms with Gasteiger partial charge in [0.25, 0.3) is 5.89 Å². The van der Waals surface area contributed by atoms with Crippen molar-refractivity contribution >= 4 is 28.5 Å². The number of pyridine rings is 1. The lowest BCUT2D eigenvalue weighted by molar-refractivity contribution is -0.143. The summed E-state index contributed by atoms with van der Waals surface area (Å²) in [7, 11) is 0. The van der Waals surface area contributed by atoms with Crippen molar-refractivity contribution in [2.24, 2.45) is 0 Å². The molecule has 0 fully saturated rings. The molecular weight excluding hydrogens is 470 g/mol. The predicted molar refractivity (Wildman–Crippen MR) is 132 cm³/mol. The van der Waals surface area contributed by atoms with Crippen LogP contribution < -0.4 is 4.74 Å². The summed E-state index contributed by atoms with van der Waals surface area (Å²) in [4.78, 5) is 20.5. The highest BCUT2D eigenvalue weighted by Crippen LogP contribution is 2.31. The molecule has 0 radical (unpaired) electrons. The van der Waals surface area contributed by atoms with Gasteiger partial charge in [-0.25, -0.2) is 4.98 Å². The zero-order chi connectivity index (χ0) is 24.9. The number of benzene rings is 1. The van der Waals surface area contributed by atoms with Gasteiger partial charge in [0.2, 0.25) is 11.7 Å². The number of hydrogen-bond acceptors (Lipinski definition) is 8. The molecule has 1 aromatic carbocycles. The lowest BCUT2D eigenvalue weighted by Gasteiger charge is -2.09. The number of esters is 1. The highest BCUT2D eigenvalue weighted by Gasteiger charge is 2.17. The van der Waals surface area contributed by atoms with Crippen LogP contribution in [0, 0.1) is 0 Å². The van der Waals surface area contributed by atoms with E-state index in [9.17, 15) is 4.79 Å². The highest BCUT2D eigenvalue weighted by atomic mass is 35.5. The molecule has 3 heterocycles. The predicted octanol–water partition coefficient (Wildman–Crippen LogP) is 5.49. The number of carbonyl (C=O) groups is 1. The molecule has 10 heteroatoms. The highest BCUT2D eigenvalue weighted by molar-refractivity contribution is 6.32. The van der Waals surface area contributed by atoms with Gasteiger partial charge >= 0.3 is 5.97 Å². The van der Waals surface area contributed by atoms with E-state index < -0.39 is 0 Å². The van der Waals surface area contributed by atoms with Gasteiger partial charge in [0.1, 0.15) is 5.02 Å². The summed E-state index contributed by atoms with van der Waals surface area (Å²) in [5, 5.41) is 10.2. The van der Waals surface area contributed by atoms with Crippen LogP contribution in [0.1, 0.15) is 46.1 Å². The first-order chi connectivity index (χ1) is 16.9. The van der Waals surface area contributed by atoms with Crippen LogP contribution in [0.15, 0.2) is 35.1 Å². The molecule has 3 aromatic heterocycles. The normalized spacial score (nSPS) is 11.4. The number of rotatable bonds is 10. The molecule has 0 unspecified atom stereocenters. The van der Waals surface area contributed by atoms with E-state index in [-0.39, 0.29) is 12.1 Å². The number of ether oxygens (including phenoxy) is 2. The summed E-state index contributed by atoms with van der Waals surface area (Å²) in [5.74, 6) is 0.976. The number of nitrogens with zero attached hydrogens (tertiary/aromatic N) is 5. The van der Waals surface area contributed by atoms with Crippen molar-refractivity contribution in [2.75, 3.05) is 6.61 Å². The molecule has 9 nitrogen and oxygen atoms in total. The minimum absolute atomic E-state index is 0.0369. The number of aromatic nitrogens is 5. The molecule has 0 saturated carbocycles. The van der Waals surface area contributed by atoms with E-state index in [1.54, 1.807) is 19.2 Å². The van der Waals surface area contributed by atoms with Gasteiger partial charge in [0.15, 0.2) is 0 Å². The van der Waals surface area contributed by atoms with E-state index in [2.05, 4.69) is 27.1 Å². The SMILES string of the molecule is CCOC(=O)CCCn1cc2cc(-c3noc(-c4cnc(OC(C)C)c(Cl)c4)n3)c(CC)cc2n1. The summed E-state index contributed by atoms with van der Waals surface area (Å²) < 4.78 is 18.0. The van der Waals surface area contributed by atoms with Gasteiger partial charge in [-0.15, -0.1) is 0 Å². The van der Waals surface area contributed by atoms with Gasteiger partial charge < -0.3 is 14.0 Å². The van der Waals surface area contributed by atoms with Gasteiger partial charge in [-0.3, -0.25) is 9.48 Å². The summed E-state index contributed by atoms with van der Waals surface area (Å²) in [5.41, 5.74) is 3.42. The summed E-state index contributed by atoms with van der Waals surface area (Å²) in [6.45, 7) is 8.71. The van der Waals surface area contributed by atoms with Gasteiger partial charge in [0.05, 0.1) is 23.8 Å². The van der Waals surface area contributed by atoms with Gasteiger partial charge in [-0.05, 0) is 57.4 Å². The summed E-state index contributed by atoms with van der Waals surface area (Å²) in [6.07, 6.45) is 5.33. The summed E-state index contributed by atoms with van der Waals surface area (Å²) >= 11 is 6.32. The van der Waals surface area contributed by atoms with Crippen LogP contribution in [0.25, 0.3) is 33.7 Å². The van der Waals surface area contributed by atoms with Gasteiger partial charge in [-0.2, -0.15) is 10.1 Å². The fourth-order valence-electron chi connectivity index (χ4n) is 3.70. The van der Waals surface area contributed by atoms with Crippen molar-refractivity contribution in [3.8, 4) is 28.7 Å². The third-order valence-corrected chi connectivity index (χ3v) is 5.57. The molecule has 35 heavy (non-hydrogen) atoms. The van der Waals surface area contributed by atoms with Crippen LogP contribution >= 0.6 is 11.6 Å². The fraction of sp³-hybridized carbons (Fsp3) is 0.400. The zero-order valence-electron chi connectivity index (χ0n) is 20.2. The van der Waals surface area contributed by atoms with Crippen molar-refractivity contribution < 1.29 is 18.8 Å². The van der Waals surface area contributed by atoms with Crippen LogP contribution in [0.5, 0.6) is 5.88 Å². The van der Waals surface area contributed by atoms with Crippen molar-refractivity contribution in [2.45, 2.75) is 59.6 Å². The van der Waals surface area contributed by atoms with Gasteiger partial charge in [-0.1, -0.05) is 23.7 Å². The van der Waals surface area contributed by atoms with Crippen LogP contribution in [-0.4, -0.2) is 43.6 Å². The Kier molecular flexibility index (Phi) is 7.65. The first-order valence-corrected chi connectivity index (χ1v) is 12.1. The topological polar surface area (TPSA) is 105 Å². The lowest BCUT2D eigenvalue weighted by atomic mass is 10.0. The van der Waals surface area contributed by atoms with E-state index in [0.717, 1.165) is 28.5 Å². The number of fused-ring (bicyclic) bond motifs is 1. The second-order valence-electron chi connectivity index (χ2n) is 8.32. The Balaban J connectivity index is 1.57. The Morgan fingerprint density at radius 2 is 2.06 bits per heavy atom. The first kappa shape index (κ1) is 24.7. The molecule has 4 aromatic rings. The molecule has 0 aliphatic rings. The number of aryl methyl sites for hydroxylation is 2. The molecule has 0 bridgehead atoms. The molecule has 0 spiro atoms. The Morgan fingerprint density at radius 1 is 1.23 bits per heavy atom. The zero-order valence-corrected chi connectivity index (χ0v) is 21.0. The third-order valence-electron chi connectivity index (χ3n) is 5.30. The van der Waals surface area contributed by atoms with E-state index >= 15 is 0 Å².